The maximum Gasteiger partial charge on any atom is 0.509 e. The summed E-state index contributed by atoms with van der Waals surface area (Å²) in [7, 11) is 0. The molecule has 1 N–H and O–H groups in total. The number of carbonyl (C=O) groups is 4. The molecular formula is C18H18N2O9. The summed E-state index contributed by atoms with van der Waals surface area (Å²) in [5.41, 5.74) is -0.920. The zero-order valence-electron chi connectivity index (χ0n) is 15.6. The first-order chi connectivity index (χ1) is 13.5. The van der Waals surface area contributed by atoms with Crippen LogP contribution in [0.15, 0.2) is 24.3 Å². The van der Waals surface area contributed by atoms with Crippen LogP contribution in [0, 0.1) is 16.0 Å². The van der Waals surface area contributed by atoms with Crippen molar-refractivity contribution in [3.8, 4) is 0 Å². The molecule has 1 aromatic carbocycles. The predicted octanol–water partition coefficient (Wildman–Crippen LogP) is 1.28. The summed E-state index contributed by atoms with van der Waals surface area (Å²) < 4.78 is 10.3. The van der Waals surface area contributed by atoms with E-state index in [1.807, 2.05) is 0 Å². The number of hydrogen-bond acceptors (Lipinski definition) is 8. The highest BCUT2D eigenvalue weighted by atomic mass is 16.7. The van der Waals surface area contributed by atoms with E-state index in [0.29, 0.717) is 5.56 Å². The molecule has 0 aromatic heterocycles. The Morgan fingerprint density at radius 3 is 2.45 bits per heavy atom. The SMILES string of the molecule is CC(C)(OC(=O)OCc1ccc([N+](=O)[O-])cc1)[C@@H]1C(=O)N2[C@@H](C(=O)O)C(=O)C[C@H]12. The zero-order chi connectivity index (χ0) is 21.5. The Kier molecular flexibility index (Phi) is 4.99. The minimum atomic E-state index is -1.49. The van der Waals surface area contributed by atoms with Crippen LogP contribution in [0.5, 0.6) is 0 Å². The van der Waals surface area contributed by atoms with Crippen molar-refractivity contribution >= 4 is 29.5 Å². The second-order valence-electron chi connectivity index (χ2n) is 7.37. The molecular weight excluding hydrogens is 388 g/mol. The molecule has 3 rings (SSSR count). The van der Waals surface area contributed by atoms with Crippen molar-refractivity contribution in [2.24, 2.45) is 5.92 Å². The molecule has 11 nitrogen and oxygen atoms in total. The topological polar surface area (TPSA) is 153 Å². The number of rotatable bonds is 6. The molecule has 1 aromatic rings. The van der Waals surface area contributed by atoms with Gasteiger partial charge in [-0.15, -0.1) is 0 Å². The van der Waals surface area contributed by atoms with Crippen molar-refractivity contribution in [1.29, 1.82) is 0 Å². The van der Waals surface area contributed by atoms with E-state index in [1.165, 1.54) is 38.1 Å². The van der Waals surface area contributed by atoms with Gasteiger partial charge in [0, 0.05) is 18.6 Å². The standard InChI is InChI=1S/C18H18N2O9/c1-18(2,13-11-7-12(21)14(16(23)24)19(11)15(13)22)29-17(25)28-8-9-3-5-10(6-4-9)20(26)27/h3-6,11,13-14H,7-8H2,1-2H3,(H,23,24)/t11-,13+,14-/m1/s1. The van der Waals surface area contributed by atoms with Crippen LogP contribution in [-0.2, 0) is 30.5 Å². The molecule has 2 fully saturated rings. The molecule has 3 atom stereocenters. The van der Waals surface area contributed by atoms with Gasteiger partial charge in [0.25, 0.3) is 5.69 Å². The number of ketones is 1. The molecule has 11 heteroatoms. The number of nitro benzene ring substituents is 1. The number of carboxylic acids is 1. The number of ether oxygens (including phenoxy) is 2. The van der Waals surface area contributed by atoms with Gasteiger partial charge < -0.3 is 19.5 Å². The highest BCUT2D eigenvalue weighted by Crippen LogP contribution is 2.44. The number of aliphatic carboxylic acids is 1. The minimum absolute atomic E-state index is 0.101. The van der Waals surface area contributed by atoms with Crippen LogP contribution >= 0.6 is 0 Å². The fourth-order valence-corrected chi connectivity index (χ4v) is 3.76. The molecule has 2 aliphatic heterocycles. The second-order valence-corrected chi connectivity index (χ2v) is 7.37. The quantitative estimate of drug-likeness (QED) is 0.242. The first-order valence-corrected chi connectivity index (χ1v) is 8.69. The van der Waals surface area contributed by atoms with Gasteiger partial charge in [-0.1, -0.05) is 0 Å². The lowest BCUT2D eigenvalue weighted by atomic mass is 9.76. The van der Waals surface area contributed by atoms with E-state index in [-0.39, 0.29) is 18.7 Å². The van der Waals surface area contributed by atoms with Crippen LogP contribution in [0.1, 0.15) is 25.8 Å². The number of non-ortho nitro benzene ring substituents is 1. The van der Waals surface area contributed by atoms with Crippen molar-refractivity contribution < 1.29 is 38.7 Å². The summed E-state index contributed by atoms with van der Waals surface area (Å²) in [6.45, 7) is 2.78. The molecule has 0 bridgehead atoms. The van der Waals surface area contributed by atoms with Gasteiger partial charge >= 0.3 is 12.1 Å². The van der Waals surface area contributed by atoms with E-state index in [1.54, 1.807) is 0 Å². The van der Waals surface area contributed by atoms with Crippen molar-refractivity contribution in [3.05, 3.63) is 39.9 Å². The van der Waals surface area contributed by atoms with Gasteiger partial charge in [-0.2, -0.15) is 0 Å². The Bertz CT molecular complexity index is 893. The van der Waals surface area contributed by atoms with Crippen LogP contribution < -0.4 is 0 Å². The molecule has 0 spiro atoms. The van der Waals surface area contributed by atoms with Gasteiger partial charge in [0.05, 0.1) is 16.9 Å². The lowest BCUT2D eigenvalue weighted by molar-refractivity contribution is -0.384. The van der Waals surface area contributed by atoms with Crippen LogP contribution in [0.3, 0.4) is 0 Å². The van der Waals surface area contributed by atoms with E-state index in [2.05, 4.69) is 0 Å². The normalized spacial score (nSPS) is 23.2. The number of nitrogens with zero attached hydrogens (tertiary/aromatic N) is 2. The van der Waals surface area contributed by atoms with E-state index >= 15 is 0 Å². The fraction of sp³-hybridized carbons (Fsp3) is 0.444. The average molecular weight is 406 g/mol. The maximum atomic E-state index is 12.4. The van der Waals surface area contributed by atoms with Crippen molar-refractivity contribution in [1.82, 2.24) is 4.90 Å². The van der Waals surface area contributed by atoms with Crippen LogP contribution in [-0.4, -0.2) is 56.4 Å². The van der Waals surface area contributed by atoms with Gasteiger partial charge in [-0.3, -0.25) is 19.7 Å². The number of amides is 1. The number of nitro groups is 1. The number of fused-ring (bicyclic) bond motifs is 1. The van der Waals surface area contributed by atoms with E-state index in [9.17, 15) is 29.3 Å². The smallest absolute Gasteiger partial charge is 0.479 e. The average Bonchev–Trinajstić information content (AvgIpc) is 2.92. The summed E-state index contributed by atoms with van der Waals surface area (Å²) in [4.78, 5) is 58.7. The van der Waals surface area contributed by atoms with Crippen molar-refractivity contribution in [2.45, 2.75) is 44.6 Å². The Morgan fingerprint density at radius 2 is 1.90 bits per heavy atom. The Hall–Kier alpha value is -3.50. The van der Waals surface area contributed by atoms with Crippen LogP contribution in [0.25, 0.3) is 0 Å². The maximum absolute atomic E-state index is 12.4. The Morgan fingerprint density at radius 1 is 1.28 bits per heavy atom. The fourth-order valence-electron chi connectivity index (χ4n) is 3.76. The van der Waals surface area contributed by atoms with Crippen molar-refractivity contribution in [3.63, 3.8) is 0 Å². The molecule has 0 radical (unpaired) electrons. The number of carboxylic acid groups (broad SMARTS) is 1. The number of β-lactam (4-membered cyclic amide) rings is 1. The molecule has 29 heavy (non-hydrogen) atoms. The summed E-state index contributed by atoms with van der Waals surface area (Å²) in [5, 5.41) is 19.8. The van der Waals surface area contributed by atoms with Gasteiger partial charge in [-0.25, -0.2) is 9.59 Å². The third-order valence-electron chi connectivity index (χ3n) is 5.09. The molecule has 1 amide bonds. The summed E-state index contributed by atoms with van der Waals surface area (Å²) in [5.74, 6) is -3.37. The van der Waals surface area contributed by atoms with Crippen LogP contribution in [0.2, 0.25) is 0 Å². The van der Waals surface area contributed by atoms with Gasteiger partial charge in [0.1, 0.15) is 12.2 Å². The number of hydrogen-bond donors (Lipinski definition) is 1. The highest BCUT2D eigenvalue weighted by Gasteiger charge is 2.64. The van der Waals surface area contributed by atoms with E-state index in [4.69, 9.17) is 14.6 Å². The number of carbonyl (C=O) groups excluding carboxylic acids is 3. The predicted molar refractivity (Wildman–Crippen MR) is 93.6 cm³/mol. The summed E-state index contributed by atoms with van der Waals surface area (Å²) in [6, 6.07) is 3.26. The molecule has 0 saturated carbocycles. The van der Waals surface area contributed by atoms with E-state index < -0.39 is 52.3 Å². The first-order valence-electron chi connectivity index (χ1n) is 8.69. The number of Topliss-reactive ketones (excluding diaryl/α,β-unsaturated/α-hetero) is 1. The lowest BCUT2D eigenvalue weighted by Crippen LogP contribution is -2.68. The zero-order valence-corrected chi connectivity index (χ0v) is 15.6. The molecule has 2 aliphatic rings. The summed E-state index contributed by atoms with van der Waals surface area (Å²) >= 11 is 0. The van der Waals surface area contributed by atoms with Crippen molar-refractivity contribution in [2.75, 3.05) is 0 Å². The second kappa shape index (κ2) is 7.15. The third kappa shape index (κ3) is 3.62. The first kappa shape index (κ1) is 20.2. The van der Waals surface area contributed by atoms with Crippen LogP contribution in [0.4, 0.5) is 10.5 Å². The Labute approximate surface area is 164 Å². The highest BCUT2D eigenvalue weighted by molar-refractivity contribution is 6.10. The molecule has 0 unspecified atom stereocenters. The summed E-state index contributed by atoms with van der Waals surface area (Å²) in [6.07, 6.45) is -1.17. The molecule has 2 saturated heterocycles. The molecule has 0 aliphatic carbocycles. The largest absolute Gasteiger partial charge is 0.509 e. The lowest BCUT2D eigenvalue weighted by Gasteiger charge is -2.49. The molecule has 2 heterocycles. The monoisotopic (exact) mass is 406 g/mol. The van der Waals surface area contributed by atoms with Gasteiger partial charge in [-0.05, 0) is 31.5 Å². The minimum Gasteiger partial charge on any atom is -0.479 e. The Balaban J connectivity index is 1.59. The molecule has 154 valence electrons. The van der Waals surface area contributed by atoms with E-state index in [0.717, 1.165) is 4.90 Å². The number of benzene rings is 1. The van der Waals surface area contributed by atoms with Gasteiger partial charge in [0.15, 0.2) is 11.8 Å². The van der Waals surface area contributed by atoms with Gasteiger partial charge in [0.2, 0.25) is 5.91 Å². The third-order valence-corrected chi connectivity index (χ3v) is 5.09.